The van der Waals surface area contributed by atoms with Crippen LogP contribution in [0.5, 0.6) is 0 Å². The number of hydrogen-bond acceptors (Lipinski definition) is 2. The minimum Gasteiger partial charge on any atom is -0.140 e. The quantitative estimate of drug-likeness (QED) is 0.675. The number of allylic oxidation sites excluding steroid dienone is 1. The van der Waals surface area contributed by atoms with Gasteiger partial charge in [-0.1, -0.05) is 54.7 Å². The first kappa shape index (κ1) is 13.2. The second-order valence-corrected chi connectivity index (χ2v) is 6.38. The Labute approximate surface area is 117 Å². The van der Waals surface area contributed by atoms with E-state index in [4.69, 9.17) is 0 Å². The van der Waals surface area contributed by atoms with Crippen molar-refractivity contribution in [2.24, 2.45) is 0 Å². The highest BCUT2D eigenvalue weighted by Crippen LogP contribution is 2.40. The molecular formula is C16H16S2. The van der Waals surface area contributed by atoms with Crippen molar-refractivity contribution < 1.29 is 0 Å². The summed E-state index contributed by atoms with van der Waals surface area (Å²) in [5, 5.41) is 0. The molecule has 0 spiro atoms. The predicted octanol–water partition coefficient (Wildman–Crippen LogP) is 5.82. The molecule has 0 aliphatic rings. The van der Waals surface area contributed by atoms with Crippen LogP contribution in [0.1, 0.15) is 22.2 Å². The lowest BCUT2D eigenvalue weighted by atomic mass is 10.2. The summed E-state index contributed by atoms with van der Waals surface area (Å²) in [6.45, 7) is 8.39. The van der Waals surface area contributed by atoms with E-state index < -0.39 is 0 Å². The van der Waals surface area contributed by atoms with Crippen LogP contribution in [0.15, 0.2) is 55.1 Å². The molecule has 1 aromatic heterocycles. The van der Waals surface area contributed by atoms with Crippen molar-refractivity contribution in [3.63, 3.8) is 0 Å². The van der Waals surface area contributed by atoms with Gasteiger partial charge in [0.05, 0.1) is 0 Å². The first-order valence-electron chi connectivity index (χ1n) is 5.86. The van der Waals surface area contributed by atoms with Crippen molar-refractivity contribution >= 4 is 32.9 Å². The van der Waals surface area contributed by atoms with Gasteiger partial charge in [-0.15, -0.1) is 11.3 Å². The van der Waals surface area contributed by atoms with Gasteiger partial charge in [-0.25, -0.2) is 0 Å². The Morgan fingerprint density at radius 1 is 1.17 bits per heavy atom. The van der Waals surface area contributed by atoms with Crippen molar-refractivity contribution in [1.82, 2.24) is 0 Å². The fourth-order valence-corrected chi connectivity index (χ4v) is 3.53. The highest BCUT2D eigenvalue weighted by Gasteiger charge is 2.07. The highest BCUT2D eigenvalue weighted by atomic mass is 32.2. The Morgan fingerprint density at radius 3 is 2.44 bits per heavy atom. The van der Waals surface area contributed by atoms with Crippen molar-refractivity contribution in [2.75, 3.05) is 0 Å². The summed E-state index contributed by atoms with van der Waals surface area (Å²) in [6.07, 6.45) is 2.16. The summed E-state index contributed by atoms with van der Waals surface area (Å²) in [6, 6.07) is 14.7. The Kier molecular flexibility index (Phi) is 4.45. The van der Waals surface area contributed by atoms with Crippen molar-refractivity contribution in [1.29, 1.82) is 0 Å². The molecular weight excluding hydrogens is 256 g/mol. The molecule has 18 heavy (non-hydrogen) atoms. The van der Waals surface area contributed by atoms with Crippen LogP contribution in [0.25, 0.3) is 9.81 Å². The number of thiophene rings is 1. The van der Waals surface area contributed by atoms with Gasteiger partial charge < -0.3 is 0 Å². The molecule has 0 unspecified atom stereocenters. The van der Waals surface area contributed by atoms with E-state index in [1.54, 1.807) is 11.8 Å². The maximum Gasteiger partial charge on any atom is 0.0409 e. The fourth-order valence-electron chi connectivity index (χ4n) is 1.63. The number of hydrogen-bond donors (Lipinski definition) is 0. The molecule has 0 fully saturated rings. The molecule has 0 atom stereocenters. The zero-order valence-electron chi connectivity index (χ0n) is 10.6. The van der Waals surface area contributed by atoms with Crippen LogP contribution in [0, 0.1) is 6.92 Å². The second kappa shape index (κ2) is 6.07. The average molecular weight is 272 g/mol. The van der Waals surface area contributed by atoms with E-state index in [2.05, 4.69) is 50.8 Å². The Hall–Kier alpha value is -1.25. The highest BCUT2D eigenvalue weighted by molar-refractivity contribution is 8.16. The maximum atomic E-state index is 4.17. The van der Waals surface area contributed by atoms with Crippen LogP contribution in [-0.2, 0) is 0 Å². The molecule has 1 heterocycles. The minimum atomic E-state index is 1.09. The fraction of sp³-hybridized carbons (Fsp3) is 0.125. The number of benzene rings is 1. The van der Waals surface area contributed by atoms with Crippen LogP contribution in [0.2, 0.25) is 0 Å². The molecule has 0 aliphatic heterocycles. The van der Waals surface area contributed by atoms with E-state index in [0.717, 1.165) is 4.91 Å². The van der Waals surface area contributed by atoms with Gasteiger partial charge in [-0.05, 0) is 31.5 Å². The smallest absolute Gasteiger partial charge is 0.0409 e. The van der Waals surface area contributed by atoms with E-state index in [9.17, 15) is 0 Å². The van der Waals surface area contributed by atoms with Crippen molar-refractivity contribution in [2.45, 2.75) is 13.8 Å². The van der Waals surface area contributed by atoms with Gasteiger partial charge in [0.1, 0.15) is 0 Å². The number of rotatable bonds is 4. The van der Waals surface area contributed by atoms with Gasteiger partial charge in [0.25, 0.3) is 0 Å². The molecule has 0 saturated carbocycles. The summed E-state index contributed by atoms with van der Waals surface area (Å²) in [4.78, 5) is 5.03. The molecule has 0 aliphatic carbocycles. The van der Waals surface area contributed by atoms with Crippen LogP contribution >= 0.6 is 23.1 Å². The molecule has 0 bridgehead atoms. The summed E-state index contributed by atoms with van der Waals surface area (Å²) >= 11 is 3.57. The molecule has 2 rings (SSSR count). The lowest BCUT2D eigenvalue weighted by molar-refractivity contribution is 1.64. The third-order valence-electron chi connectivity index (χ3n) is 2.57. The molecule has 0 radical (unpaired) electrons. The largest absolute Gasteiger partial charge is 0.140 e. The van der Waals surface area contributed by atoms with E-state index in [1.165, 1.54) is 20.2 Å². The van der Waals surface area contributed by atoms with Crippen LogP contribution in [-0.4, -0.2) is 0 Å². The summed E-state index contributed by atoms with van der Waals surface area (Å²) in [5.74, 6) is 0. The van der Waals surface area contributed by atoms with E-state index in [0.29, 0.717) is 0 Å². The monoisotopic (exact) mass is 272 g/mol. The zero-order valence-corrected chi connectivity index (χ0v) is 12.3. The first-order chi connectivity index (χ1) is 8.70. The van der Waals surface area contributed by atoms with Gasteiger partial charge in [-0.3, -0.25) is 0 Å². The Bertz CT molecular complexity index is 562. The second-order valence-electron chi connectivity index (χ2n) is 3.95. The van der Waals surface area contributed by atoms with E-state index in [1.807, 2.05) is 29.5 Å². The van der Waals surface area contributed by atoms with Gasteiger partial charge >= 0.3 is 0 Å². The average Bonchev–Trinajstić information content (AvgIpc) is 2.83. The summed E-state index contributed by atoms with van der Waals surface area (Å²) in [7, 11) is 0. The molecule has 2 aromatic rings. The van der Waals surface area contributed by atoms with Gasteiger partial charge in [-0.2, -0.15) is 0 Å². The zero-order chi connectivity index (χ0) is 13.0. The molecule has 0 amide bonds. The topological polar surface area (TPSA) is 0 Å². The maximum absolute atomic E-state index is 4.17. The number of aryl methyl sites for hydroxylation is 1. The third-order valence-corrected chi connectivity index (χ3v) is 4.90. The van der Waals surface area contributed by atoms with Crippen LogP contribution < -0.4 is 0 Å². The van der Waals surface area contributed by atoms with E-state index >= 15 is 0 Å². The molecule has 0 nitrogen and oxygen atoms in total. The summed E-state index contributed by atoms with van der Waals surface area (Å²) in [5.41, 5.74) is 1.19. The first-order valence-corrected chi connectivity index (χ1v) is 7.49. The molecule has 2 heteroatoms. The molecule has 1 aromatic carbocycles. The lowest BCUT2D eigenvalue weighted by Crippen LogP contribution is -1.79. The predicted molar refractivity (Wildman–Crippen MR) is 85.8 cm³/mol. The number of thioether (sulfide) groups is 1. The van der Waals surface area contributed by atoms with E-state index in [-0.39, 0.29) is 0 Å². The normalized spacial score (nSPS) is 11.6. The molecule has 0 N–H and O–H groups in total. The SMILES string of the molecule is C=C(S/C(=C\C)c1ccc(C)s1)c1ccccc1. The lowest BCUT2D eigenvalue weighted by Gasteiger charge is -2.07. The van der Waals surface area contributed by atoms with Gasteiger partial charge in [0.2, 0.25) is 0 Å². The minimum absolute atomic E-state index is 1.09. The van der Waals surface area contributed by atoms with Crippen LogP contribution in [0.4, 0.5) is 0 Å². The van der Waals surface area contributed by atoms with Gasteiger partial charge in [0.15, 0.2) is 0 Å². The summed E-state index contributed by atoms with van der Waals surface area (Å²) < 4.78 is 0. The standard InChI is InChI=1S/C16H16S2/c1-4-15(16-11-10-12(2)17-16)18-13(3)14-8-6-5-7-9-14/h4-11H,3H2,1-2H3/b15-4-. The van der Waals surface area contributed by atoms with Gasteiger partial charge in [0, 0.05) is 19.6 Å². The molecule has 0 saturated heterocycles. The van der Waals surface area contributed by atoms with Crippen molar-refractivity contribution in [3.05, 3.63) is 70.4 Å². The molecule has 92 valence electrons. The Morgan fingerprint density at radius 2 is 1.89 bits per heavy atom. The van der Waals surface area contributed by atoms with Crippen molar-refractivity contribution in [3.8, 4) is 0 Å². The van der Waals surface area contributed by atoms with Crippen LogP contribution in [0.3, 0.4) is 0 Å². The third kappa shape index (κ3) is 3.15. The Balaban J connectivity index is 2.15.